The Bertz CT molecular complexity index is 1530. The molecule has 3 heterocycles. The van der Waals surface area contributed by atoms with Crippen LogP contribution in [-0.2, 0) is 26.2 Å². The van der Waals surface area contributed by atoms with Crippen LogP contribution in [0.15, 0.2) is 66.7 Å². The molecule has 0 bridgehead atoms. The molecular weight excluding hydrogens is 621 g/mol. The predicted octanol–water partition coefficient (Wildman–Crippen LogP) is 6.56. The molecule has 0 spiro atoms. The molecule has 0 unspecified atom stereocenters. The van der Waals surface area contributed by atoms with Gasteiger partial charge in [0.25, 0.3) is 0 Å². The normalized spacial score (nSPS) is 17.0. The van der Waals surface area contributed by atoms with Gasteiger partial charge in [-0.25, -0.2) is 0 Å². The number of phenolic OH excluding ortho intramolecular Hbond substituents is 1. The average Bonchev–Trinajstić information content (AvgIpc) is 3.51. The SMILES string of the molecule is COc1ccccc1CN1CCN(Cc2cc(-c3cc(=S)ss3)cc(CN3CCN(Cc4ccccc4OC)CC3)c2O)CC1. The summed E-state index contributed by atoms with van der Waals surface area (Å²) in [7, 11) is 6.83. The summed E-state index contributed by atoms with van der Waals surface area (Å²) in [5.74, 6) is 2.33. The summed E-state index contributed by atoms with van der Waals surface area (Å²) < 4.78 is 12.1. The first kappa shape index (κ1) is 32.1. The standard InChI is InChI=1S/C35H42N4O3S3/c1-41-31-9-5-3-7-26(31)22-36-11-15-38(16-12-36)24-29-19-28(33-21-34(43)45-44-33)20-30(35(29)40)25-39-17-13-37(14-18-39)23-27-8-4-6-10-32(27)42-2/h3-10,19-21,40H,11-18,22-25H2,1-2H3. The van der Waals surface area contributed by atoms with E-state index in [1.165, 1.54) is 16.0 Å². The number of methoxy groups -OCH3 is 2. The third-order valence-electron chi connectivity index (χ3n) is 8.91. The number of para-hydroxylation sites is 2. The van der Waals surface area contributed by atoms with Crippen molar-refractivity contribution in [2.75, 3.05) is 66.6 Å². The van der Waals surface area contributed by atoms with Crippen LogP contribution in [0.5, 0.6) is 17.2 Å². The highest BCUT2D eigenvalue weighted by atomic mass is 32.9. The van der Waals surface area contributed by atoms with Crippen LogP contribution in [0.4, 0.5) is 0 Å². The number of nitrogens with zero attached hydrogens (tertiary/aromatic N) is 4. The topological polar surface area (TPSA) is 51.7 Å². The van der Waals surface area contributed by atoms with E-state index >= 15 is 0 Å². The Morgan fingerprint density at radius 2 is 1.00 bits per heavy atom. The Morgan fingerprint density at radius 1 is 0.600 bits per heavy atom. The van der Waals surface area contributed by atoms with Crippen LogP contribution in [0, 0.1) is 3.82 Å². The number of piperazine rings is 2. The molecule has 2 aliphatic rings. The van der Waals surface area contributed by atoms with Gasteiger partial charge in [-0.1, -0.05) is 69.3 Å². The van der Waals surface area contributed by atoms with Crippen molar-refractivity contribution in [3.8, 4) is 27.7 Å². The minimum absolute atomic E-state index is 0.436. The van der Waals surface area contributed by atoms with E-state index < -0.39 is 0 Å². The molecular formula is C35H42N4O3S3. The molecule has 45 heavy (non-hydrogen) atoms. The Balaban J connectivity index is 1.11. The second-order valence-corrected chi connectivity index (χ2v) is 14.8. The largest absolute Gasteiger partial charge is 0.507 e. The first-order valence-electron chi connectivity index (χ1n) is 15.6. The van der Waals surface area contributed by atoms with Crippen LogP contribution in [0.25, 0.3) is 10.4 Å². The third-order valence-corrected chi connectivity index (χ3v) is 11.8. The lowest BCUT2D eigenvalue weighted by atomic mass is 10.0. The molecule has 0 amide bonds. The Kier molecular flexibility index (Phi) is 10.8. The zero-order chi connectivity index (χ0) is 31.2. The van der Waals surface area contributed by atoms with Gasteiger partial charge in [0, 0.05) is 106 Å². The van der Waals surface area contributed by atoms with Crippen LogP contribution in [0.2, 0.25) is 0 Å². The van der Waals surface area contributed by atoms with E-state index in [0.717, 1.165) is 111 Å². The van der Waals surface area contributed by atoms with Crippen molar-refractivity contribution >= 4 is 32.9 Å². The second-order valence-electron chi connectivity index (χ2n) is 11.9. The third kappa shape index (κ3) is 8.13. The van der Waals surface area contributed by atoms with Gasteiger partial charge >= 0.3 is 0 Å². The van der Waals surface area contributed by atoms with Crippen LogP contribution in [0.3, 0.4) is 0 Å². The van der Waals surface area contributed by atoms with Crippen molar-refractivity contribution in [2.45, 2.75) is 26.2 Å². The number of hydrogen-bond donors (Lipinski definition) is 1. The van der Waals surface area contributed by atoms with Gasteiger partial charge in [-0.15, -0.1) is 0 Å². The van der Waals surface area contributed by atoms with Crippen LogP contribution in [-0.4, -0.2) is 91.3 Å². The number of aromatic hydroxyl groups is 1. The molecule has 10 heteroatoms. The predicted molar refractivity (Wildman–Crippen MR) is 187 cm³/mol. The molecule has 4 aromatic rings. The molecule has 3 aromatic carbocycles. The van der Waals surface area contributed by atoms with E-state index in [4.69, 9.17) is 21.7 Å². The maximum absolute atomic E-state index is 11.6. The summed E-state index contributed by atoms with van der Waals surface area (Å²) in [5.41, 5.74) is 5.60. The van der Waals surface area contributed by atoms with Gasteiger partial charge in [0.05, 0.1) is 14.2 Å². The number of rotatable bonds is 11. The molecule has 7 nitrogen and oxygen atoms in total. The summed E-state index contributed by atoms with van der Waals surface area (Å²) in [4.78, 5) is 11.1. The molecule has 0 atom stereocenters. The fourth-order valence-corrected chi connectivity index (χ4v) is 8.74. The molecule has 1 N–H and O–H groups in total. The van der Waals surface area contributed by atoms with E-state index in [1.807, 2.05) is 24.3 Å². The zero-order valence-corrected chi connectivity index (χ0v) is 28.6. The molecule has 1 aromatic heterocycles. The second kappa shape index (κ2) is 15.2. The van der Waals surface area contributed by atoms with E-state index in [1.54, 1.807) is 34.9 Å². The van der Waals surface area contributed by atoms with Crippen molar-refractivity contribution in [1.29, 1.82) is 0 Å². The molecule has 0 aliphatic carbocycles. The van der Waals surface area contributed by atoms with Crippen molar-refractivity contribution in [2.24, 2.45) is 0 Å². The lowest BCUT2D eigenvalue weighted by Crippen LogP contribution is -2.45. The Labute approximate surface area is 279 Å². The molecule has 6 rings (SSSR count). The highest BCUT2D eigenvalue weighted by Gasteiger charge is 2.23. The smallest absolute Gasteiger partial charge is 0.124 e. The van der Waals surface area contributed by atoms with Crippen LogP contribution < -0.4 is 9.47 Å². The average molecular weight is 663 g/mol. The van der Waals surface area contributed by atoms with E-state index in [9.17, 15) is 5.11 Å². The van der Waals surface area contributed by atoms with Gasteiger partial charge in [0.15, 0.2) is 0 Å². The van der Waals surface area contributed by atoms with Crippen molar-refractivity contribution < 1.29 is 14.6 Å². The molecule has 2 saturated heterocycles. The van der Waals surface area contributed by atoms with E-state index in [2.05, 4.69) is 62.1 Å². The lowest BCUT2D eigenvalue weighted by molar-refractivity contribution is 0.118. The highest BCUT2D eigenvalue weighted by molar-refractivity contribution is 7.80. The summed E-state index contributed by atoms with van der Waals surface area (Å²) in [5, 5.41) is 11.6. The first-order chi connectivity index (χ1) is 22.0. The van der Waals surface area contributed by atoms with Crippen LogP contribution >= 0.6 is 32.9 Å². The van der Waals surface area contributed by atoms with E-state index in [-0.39, 0.29) is 0 Å². The first-order valence-corrected chi connectivity index (χ1v) is 18.1. The minimum Gasteiger partial charge on any atom is -0.507 e. The van der Waals surface area contributed by atoms with Gasteiger partial charge in [0.1, 0.15) is 21.1 Å². The molecule has 2 fully saturated rings. The zero-order valence-electron chi connectivity index (χ0n) is 26.1. The van der Waals surface area contributed by atoms with Gasteiger partial charge in [-0.05, 0) is 35.9 Å². The Hall–Kier alpha value is -2.83. The highest BCUT2D eigenvalue weighted by Crippen LogP contribution is 2.36. The minimum atomic E-state index is 0.436. The monoisotopic (exact) mass is 662 g/mol. The number of hydrogen-bond acceptors (Lipinski definition) is 10. The molecule has 2 aliphatic heterocycles. The summed E-state index contributed by atoms with van der Waals surface area (Å²) in [6, 6.07) is 23.0. The number of ether oxygens (including phenoxy) is 2. The van der Waals surface area contributed by atoms with Gasteiger partial charge in [-0.3, -0.25) is 19.6 Å². The quantitative estimate of drug-likeness (QED) is 0.143. The van der Waals surface area contributed by atoms with Crippen molar-refractivity contribution in [3.05, 3.63) is 92.8 Å². The fourth-order valence-electron chi connectivity index (χ4n) is 6.36. The van der Waals surface area contributed by atoms with Gasteiger partial charge in [0.2, 0.25) is 0 Å². The summed E-state index contributed by atoms with van der Waals surface area (Å²) in [6.07, 6.45) is 0. The van der Waals surface area contributed by atoms with Crippen molar-refractivity contribution in [1.82, 2.24) is 19.6 Å². The Morgan fingerprint density at radius 3 is 1.38 bits per heavy atom. The maximum atomic E-state index is 11.6. The fraction of sp³-hybridized carbons (Fsp3) is 0.400. The number of phenols is 1. The molecule has 0 saturated carbocycles. The van der Waals surface area contributed by atoms with Crippen LogP contribution in [0.1, 0.15) is 22.3 Å². The molecule has 0 radical (unpaired) electrons. The van der Waals surface area contributed by atoms with Gasteiger partial charge < -0.3 is 14.6 Å². The van der Waals surface area contributed by atoms with Gasteiger partial charge in [-0.2, -0.15) is 0 Å². The van der Waals surface area contributed by atoms with Crippen molar-refractivity contribution in [3.63, 3.8) is 0 Å². The molecule has 238 valence electrons. The van der Waals surface area contributed by atoms with E-state index in [0.29, 0.717) is 5.75 Å². The summed E-state index contributed by atoms with van der Waals surface area (Å²) >= 11 is 5.47. The lowest BCUT2D eigenvalue weighted by Gasteiger charge is -2.36. The summed E-state index contributed by atoms with van der Waals surface area (Å²) in [6.45, 7) is 11.0. The number of benzene rings is 3. The maximum Gasteiger partial charge on any atom is 0.124 e.